The van der Waals surface area contributed by atoms with E-state index in [-0.39, 0.29) is 0 Å². The minimum absolute atomic E-state index is 0.348. The molecule has 0 aromatic heterocycles. The Labute approximate surface area is 52.3 Å². The summed E-state index contributed by atoms with van der Waals surface area (Å²) in [5.74, 6) is -0.477. The van der Waals surface area contributed by atoms with Gasteiger partial charge >= 0.3 is 0 Å². The summed E-state index contributed by atoms with van der Waals surface area (Å²) in [6, 6.07) is 0. The minimum atomic E-state index is -0.477. The second-order valence-electron chi connectivity index (χ2n) is 1.60. The number of nitrogens with two attached hydrogens (primary N) is 1. The van der Waals surface area contributed by atoms with Crippen LogP contribution in [-0.2, 0) is 4.79 Å². The first-order valence-corrected chi connectivity index (χ1v) is 2.53. The van der Waals surface area contributed by atoms with Crippen LogP contribution in [0.25, 0.3) is 0 Å². The largest absolute Gasteiger partial charge is 0.375 e. The molecule has 1 heterocycles. The summed E-state index contributed by atoms with van der Waals surface area (Å²) in [7, 11) is 0. The van der Waals surface area contributed by atoms with Crippen LogP contribution >= 0.6 is 0 Å². The van der Waals surface area contributed by atoms with Crippen LogP contribution in [0.4, 0.5) is 0 Å². The average molecular weight is 128 g/mol. The highest BCUT2D eigenvalue weighted by molar-refractivity contribution is 5.91. The molecule has 0 aromatic carbocycles. The fourth-order valence-corrected chi connectivity index (χ4v) is 0.512. The van der Waals surface area contributed by atoms with Crippen LogP contribution in [0.3, 0.4) is 0 Å². The van der Waals surface area contributed by atoms with Crippen molar-refractivity contribution in [2.75, 3.05) is 6.67 Å². The zero-order valence-electron chi connectivity index (χ0n) is 4.77. The third-order valence-electron chi connectivity index (χ3n) is 0.925. The van der Waals surface area contributed by atoms with E-state index < -0.39 is 5.91 Å². The fraction of sp³-hybridized carbons (Fsp3) is 0.250. The van der Waals surface area contributed by atoms with Gasteiger partial charge in [0.15, 0.2) is 0 Å². The molecule has 0 radical (unpaired) electrons. The van der Waals surface area contributed by atoms with Gasteiger partial charge in [-0.25, -0.2) is 5.43 Å². The van der Waals surface area contributed by atoms with E-state index in [1.54, 1.807) is 0 Å². The van der Waals surface area contributed by atoms with Crippen molar-refractivity contribution in [3.05, 3.63) is 11.9 Å². The topological polar surface area (TPSA) is 79.2 Å². The number of carbonyl (C=O) groups is 1. The summed E-state index contributed by atoms with van der Waals surface area (Å²) in [6.07, 6.45) is 1.53. The Bertz CT molecular complexity index is 153. The van der Waals surface area contributed by atoms with Crippen molar-refractivity contribution in [3.63, 3.8) is 0 Å². The monoisotopic (exact) mass is 128 g/mol. The first-order valence-electron chi connectivity index (χ1n) is 2.53. The van der Waals surface area contributed by atoms with Gasteiger partial charge in [-0.05, 0) is 0 Å². The first kappa shape index (κ1) is 5.90. The summed E-state index contributed by atoms with van der Waals surface area (Å²) >= 11 is 0. The van der Waals surface area contributed by atoms with E-state index in [0.29, 0.717) is 12.4 Å². The van der Waals surface area contributed by atoms with Crippen LogP contribution in [0.2, 0.25) is 0 Å². The Morgan fingerprint density at radius 3 is 2.89 bits per heavy atom. The van der Waals surface area contributed by atoms with Crippen molar-refractivity contribution in [1.29, 1.82) is 0 Å². The number of hydrogen-bond donors (Lipinski definition) is 4. The smallest absolute Gasteiger partial charge is 0.267 e. The number of hydrazine groups is 1. The zero-order valence-corrected chi connectivity index (χ0v) is 4.77. The molecule has 0 fully saturated rings. The third-order valence-corrected chi connectivity index (χ3v) is 0.925. The molecule has 9 heavy (non-hydrogen) atoms. The Morgan fingerprint density at radius 1 is 1.78 bits per heavy atom. The molecule has 0 saturated carbocycles. The van der Waals surface area contributed by atoms with Gasteiger partial charge in [-0.3, -0.25) is 4.79 Å². The van der Waals surface area contributed by atoms with E-state index >= 15 is 0 Å². The molecule has 1 aliphatic rings. The van der Waals surface area contributed by atoms with Crippen LogP contribution in [0.5, 0.6) is 0 Å². The SMILES string of the molecule is NC(=O)C1=CNCNN1. The van der Waals surface area contributed by atoms with E-state index in [9.17, 15) is 4.79 Å². The maximum Gasteiger partial charge on any atom is 0.267 e. The maximum absolute atomic E-state index is 10.4. The van der Waals surface area contributed by atoms with Crippen LogP contribution in [-0.4, -0.2) is 12.6 Å². The molecule has 0 unspecified atom stereocenters. The Hall–Kier alpha value is -1.23. The van der Waals surface area contributed by atoms with Crippen LogP contribution in [0.15, 0.2) is 11.9 Å². The van der Waals surface area contributed by atoms with Gasteiger partial charge in [-0.1, -0.05) is 0 Å². The van der Waals surface area contributed by atoms with E-state index in [4.69, 9.17) is 5.73 Å². The van der Waals surface area contributed by atoms with Gasteiger partial charge in [0.05, 0.1) is 6.67 Å². The molecule has 5 heteroatoms. The summed E-state index contributed by atoms with van der Waals surface area (Å²) < 4.78 is 0. The van der Waals surface area contributed by atoms with Crippen molar-refractivity contribution in [2.45, 2.75) is 0 Å². The minimum Gasteiger partial charge on any atom is -0.375 e. The molecule has 1 rings (SSSR count). The molecule has 1 aliphatic heterocycles. The molecular formula is C4H8N4O. The highest BCUT2D eigenvalue weighted by atomic mass is 16.1. The molecule has 0 bridgehead atoms. The second-order valence-corrected chi connectivity index (χ2v) is 1.60. The van der Waals surface area contributed by atoms with E-state index in [0.717, 1.165) is 0 Å². The van der Waals surface area contributed by atoms with Gasteiger partial charge in [0.2, 0.25) is 0 Å². The van der Waals surface area contributed by atoms with Gasteiger partial charge in [-0.2, -0.15) is 0 Å². The molecule has 5 N–H and O–H groups in total. The number of nitrogens with one attached hydrogen (secondary N) is 3. The third kappa shape index (κ3) is 1.33. The van der Waals surface area contributed by atoms with Gasteiger partial charge in [0.1, 0.15) is 5.70 Å². The molecule has 0 aliphatic carbocycles. The number of primary amides is 1. The standard InChI is InChI=1S/C4H8N4O/c5-4(9)3-1-6-2-7-8-3/h1,6-8H,2H2,(H2,5,9). The summed E-state index contributed by atoms with van der Waals surface area (Å²) in [5, 5.41) is 2.78. The lowest BCUT2D eigenvalue weighted by atomic mass is 10.4. The van der Waals surface area contributed by atoms with Crippen molar-refractivity contribution in [2.24, 2.45) is 5.73 Å². The van der Waals surface area contributed by atoms with Gasteiger partial charge in [0.25, 0.3) is 5.91 Å². The van der Waals surface area contributed by atoms with Crippen molar-refractivity contribution in [3.8, 4) is 0 Å². The molecule has 0 saturated heterocycles. The predicted molar refractivity (Wildman–Crippen MR) is 31.6 cm³/mol. The number of rotatable bonds is 1. The van der Waals surface area contributed by atoms with E-state index in [2.05, 4.69) is 16.2 Å². The lowest BCUT2D eigenvalue weighted by molar-refractivity contribution is -0.115. The number of amides is 1. The normalized spacial score (nSPS) is 17.1. The molecular weight excluding hydrogens is 120 g/mol. The first-order chi connectivity index (χ1) is 4.30. The molecule has 0 spiro atoms. The van der Waals surface area contributed by atoms with Crippen molar-refractivity contribution < 1.29 is 4.79 Å². The van der Waals surface area contributed by atoms with Crippen LogP contribution in [0, 0.1) is 0 Å². The average Bonchev–Trinajstić information content (AvgIpc) is 1.90. The highest BCUT2D eigenvalue weighted by Crippen LogP contribution is 1.83. The zero-order chi connectivity index (χ0) is 6.69. The van der Waals surface area contributed by atoms with Gasteiger partial charge < -0.3 is 16.5 Å². The highest BCUT2D eigenvalue weighted by Gasteiger charge is 2.04. The van der Waals surface area contributed by atoms with Gasteiger partial charge in [0, 0.05) is 6.20 Å². The van der Waals surface area contributed by atoms with Crippen molar-refractivity contribution >= 4 is 5.91 Å². The number of carbonyl (C=O) groups excluding carboxylic acids is 1. The summed E-state index contributed by atoms with van der Waals surface area (Å²) in [5.41, 5.74) is 10.5. The lowest BCUT2D eigenvalue weighted by Gasteiger charge is -2.14. The van der Waals surface area contributed by atoms with Crippen molar-refractivity contribution in [1.82, 2.24) is 16.2 Å². The Morgan fingerprint density at radius 2 is 2.56 bits per heavy atom. The van der Waals surface area contributed by atoms with E-state index in [1.807, 2.05) is 0 Å². The second kappa shape index (κ2) is 2.36. The summed E-state index contributed by atoms with van der Waals surface area (Å²) in [4.78, 5) is 10.4. The molecule has 0 aromatic rings. The maximum atomic E-state index is 10.4. The van der Waals surface area contributed by atoms with Crippen LogP contribution < -0.4 is 21.9 Å². The molecule has 50 valence electrons. The Balaban J connectivity index is 2.57. The molecule has 1 amide bonds. The quantitative estimate of drug-likeness (QED) is 0.328. The molecule has 5 nitrogen and oxygen atoms in total. The van der Waals surface area contributed by atoms with Gasteiger partial charge in [-0.15, -0.1) is 0 Å². The fourth-order valence-electron chi connectivity index (χ4n) is 0.512. The Kier molecular flexibility index (Phi) is 1.55. The predicted octanol–water partition coefficient (Wildman–Crippen LogP) is -2.03. The van der Waals surface area contributed by atoms with Crippen LogP contribution in [0.1, 0.15) is 0 Å². The number of hydrogen-bond acceptors (Lipinski definition) is 4. The van der Waals surface area contributed by atoms with E-state index in [1.165, 1.54) is 6.20 Å². The molecule has 0 atom stereocenters. The summed E-state index contributed by atoms with van der Waals surface area (Å²) in [6.45, 7) is 0.594. The lowest BCUT2D eigenvalue weighted by Crippen LogP contribution is -2.45.